The van der Waals surface area contributed by atoms with Crippen molar-refractivity contribution in [1.82, 2.24) is 15.3 Å². The summed E-state index contributed by atoms with van der Waals surface area (Å²) in [6, 6.07) is 12.1. The molecule has 2 heterocycles. The first-order chi connectivity index (χ1) is 16.0. The molecular formula is C22H25ClN4O3S3. The first-order valence-electron chi connectivity index (χ1n) is 10.3. The molecule has 0 spiro atoms. The van der Waals surface area contributed by atoms with Gasteiger partial charge in [0, 0.05) is 36.5 Å². The lowest BCUT2D eigenvalue weighted by Crippen LogP contribution is -2.32. The molecule has 11 heteroatoms. The lowest BCUT2D eigenvalue weighted by atomic mass is 10.4. The number of pyridine rings is 1. The van der Waals surface area contributed by atoms with Crippen LogP contribution in [-0.2, 0) is 15.6 Å². The summed E-state index contributed by atoms with van der Waals surface area (Å²) in [6.07, 6.45) is 5.64. The monoisotopic (exact) mass is 524 g/mol. The molecule has 3 aromatic rings. The van der Waals surface area contributed by atoms with Gasteiger partial charge in [0.1, 0.15) is 17.9 Å². The van der Waals surface area contributed by atoms with Crippen LogP contribution in [0.3, 0.4) is 0 Å². The standard InChI is InChI=1S/C22H25ClN4O3S3/c23-19-8-4-9-24-20(19)16-31-15-12-26-21(17-33(28,29)18-6-2-1-3-7-18)25-10-5-14-32-22-27-11-13-30-22/h1-4,6-9,11,13H,5,10,12,14-17H2,(H,25,26). The molecule has 3 rings (SSSR count). The Hall–Kier alpha value is -2.01. The number of benzene rings is 1. The molecule has 0 amide bonds. The molecule has 0 aliphatic heterocycles. The third-order valence-electron chi connectivity index (χ3n) is 4.32. The molecular weight excluding hydrogens is 500 g/mol. The maximum atomic E-state index is 12.8. The van der Waals surface area contributed by atoms with Crippen LogP contribution >= 0.6 is 35.1 Å². The Morgan fingerprint density at radius 1 is 1.09 bits per heavy atom. The average Bonchev–Trinajstić information content (AvgIpc) is 3.33. The summed E-state index contributed by atoms with van der Waals surface area (Å²) in [4.78, 5) is 13.2. The number of nitrogens with one attached hydrogen (secondary N) is 1. The lowest BCUT2D eigenvalue weighted by molar-refractivity contribution is 0.454. The van der Waals surface area contributed by atoms with Crippen molar-refractivity contribution in [3.05, 3.63) is 71.8 Å². The van der Waals surface area contributed by atoms with E-state index < -0.39 is 9.84 Å². The van der Waals surface area contributed by atoms with Crippen LogP contribution in [0.4, 0.5) is 0 Å². The number of hydrogen-bond acceptors (Lipinski definition) is 8. The Morgan fingerprint density at radius 3 is 2.70 bits per heavy atom. The Bertz CT molecular complexity index is 1110. The van der Waals surface area contributed by atoms with Gasteiger partial charge in [-0.3, -0.25) is 9.98 Å². The number of thioether (sulfide) groups is 2. The van der Waals surface area contributed by atoms with Crippen molar-refractivity contribution in [3.8, 4) is 0 Å². The van der Waals surface area contributed by atoms with Crippen LogP contribution in [0.5, 0.6) is 0 Å². The van der Waals surface area contributed by atoms with Gasteiger partial charge in [-0.25, -0.2) is 13.4 Å². The molecule has 1 aromatic carbocycles. The van der Waals surface area contributed by atoms with Gasteiger partial charge in [-0.05, 0) is 30.7 Å². The summed E-state index contributed by atoms with van der Waals surface area (Å²) >= 11 is 9.32. The van der Waals surface area contributed by atoms with Gasteiger partial charge in [0.25, 0.3) is 5.22 Å². The second kappa shape index (κ2) is 13.6. The highest BCUT2D eigenvalue weighted by molar-refractivity contribution is 7.99. The van der Waals surface area contributed by atoms with E-state index >= 15 is 0 Å². The number of sulfone groups is 1. The van der Waals surface area contributed by atoms with E-state index in [4.69, 9.17) is 16.0 Å². The number of halogens is 1. The summed E-state index contributed by atoms with van der Waals surface area (Å²) in [5, 5.41) is 4.48. The molecule has 0 radical (unpaired) electrons. The van der Waals surface area contributed by atoms with Gasteiger partial charge < -0.3 is 9.73 Å². The molecule has 0 aliphatic rings. The molecule has 0 saturated carbocycles. The van der Waals surface area contributed by atoms with Crippen LogP contribution in [-0.4, -0.2) is 54.6 Å². The van der Waals surface area contributed by atoms with Gasteiger partial charge >= 0.3 is 0 Å². The molecule has 0 aliphatic carbocycles. The third-order valence-corrected chi connectivity index (χ3v) is 8.22. The van der Waals surface area contributed by atoms with Crippen molar-refractivity contribution >= 4 is 50.8 Å². The van der Waals surface area contributed by atoms with Gasteiger partial charge in [0.2, 0.25) is 0 Å². The van der Waals surface area contributed by atoms with Crippen molar-refractivity contribution in [1.29, 1.82) is 0 Å². The fourth-order valence-electron chi connectivity index (χ4n) is 2.72. The summed E-state index contributed by atoms with van der Waals surface area (Å²) in [6.45, 7) is 1.10. The van der Waals surface area contributed by atoms with Crippen molar-refractivity contribution in [2.45, 2.75) is 22.3 Å². The molecule has 7 nitrogen and oxygen atoms in total. The first kappa shape index (κ1) is 25.6. The predicted octanol–water partition coefficient (Wildman–Crippen LogP) is 4.60. The maximum Gasteiger partial charge on any atom is 0.255 e. The number of hydrogen-bond donors (Lipinski definition) is 1. The zero-order valence-corrected chi connectivity index (χ0v) is 21.1. The fraction of sp³-hybridized carbons (Fsp3) is 0.318. The number of amidine groups is 1. The second-order valence-corrected chi connectivity index (χ2v) is 11.4. The number of rotatable bonds is 13. The zero-order valence-electron chi connectivity index (χ0n) is 17.9. The molecule has 176 valence electrons. The molecule has 0 atom stereocenters. The van der Waals surface area contributed by atoms with Crippen molar-refractivity contribution in [2.75, 3.05) is 30.3 Å². The minimum absolute atomic E-state index is 0.166. The second-order valence-electron chi connectivity index (χ2n) is 6.81. The van der Waals surface area contributed by atoms with E-state index in [0.717, 1.165) is 23.6 Å². The van der Waals surface area contributed by atoms with Crippen LogP contribution in [0.1, 0.15) is 12.1 Å². The van der Waals surface area contributed by atoms with E-state index in [1.165, 1.54) is 18.0 Å². The summed E-state index contributed by atoms with van der Waals surface area (Å²) < 4.78 is 30.8. The lowest BCUT2D eigenvalue weighted by Gasteiger charge is -2.11. The van der Waals surface area contributed by atoms with E-state index in [-0.39, 0.29) is 10.6 Å². The maximum absolute atomic E-state index is 12.8. The van der Waals surface area contributed by atoms with Crippen LogP contribution in [0.25, 0.3) is 0 Å². The average molecular weight is 525 g/mol. The van der Waals surface area contributed by atoms with Crippen LogP contribution in [0.2, 0.25) is 5.02 Å². The molecule has 33 heavy (non-hydrogen) atoms. The van der Waals surface area contributed by atoms with E-state index in [9.17, 15) is 8.42 Å². The predicted molar refractivity (Wildman–Crippen MR) is 136 cm³/mol. The van der Waals surface area contributed by atoms with Gasteiger partial charge in [-0.15, -0.1) is 0 Å². The van der Waals surface area contributed by atoms with Gasteiger partial charge in [0.15, 0.2) is 9.84 Å². The minimum atomic E-state index is -3.49. The van der Waals surface area contributed by atoms with Crippen molar-refractivity contribution in [3.63, 3.8) is 0 Å². The fourth-order valence-corrected chi connectivity index (χ4v) is 5.80. The number of oxazole rings is 1. The van der Waals surface area contributed by atoms with Crippen molar-refractivity contribution < 1.29 is 12.8 Å². The third kappa shape index (κ3) is 9.04. The highest BCUT2D eigenvalue weighted by atomic mass is 35.5. The van der Waals surface area contributed by atoms with Crippen LogP contribution < -0.4 is 5.32 Å². The molecule has 1 N–H and O–H groups in total. The van der Waals surface area contributed by atoms with E-state index in [1.54, 1.807) is 60.6 Å². The van der Waals surface area contributed by atoms with Gasteiger partial charge in [-0.2, -0.15) is 11.8 Å². The number of aliphatic imine (C=N–C) groups is 1. The SMILES string of the molecule is O=S(=O)(CC(=NCCCSc1ncco1)NCCSCc1ncccc1Cl)c1ccccc1. The minimum Gasteiger partial charge on any atom is -0.440 e. The normalized spacial score (nSPS) is 12.1. The van der Waals surface area contributed by atoms with Gasteiger partial charge in [-0.1, -0.05) is 41.6 Å². The van der Waals surface area contributed by atoms with E-state index in [1.807, 2.05) is 6.07 Å². The Kier molecular flexibility index (Phi) is 10.6. The van der Waals surface area contributed by atoms with Crippen LogP contribution in [0.15, 0.2) is 80.6 Å². The smallest absolute Gasteiger partial charge is 0.255 e. The Morgan fingerprint density at radius 2 is 1.94 bits per heavy atom. The highest BCUT2D eigenvalue weighted by Crippen LogP contribution is 2.18. The highest BCUT2D eigenvalue weighted by Gasteiger charge is 2.17. The summed E-state index contributed by atoms with van der Waals surface area (Å²) in [5.41, 5.74) is 0.841. The first-order valence-corrected chi connectivity index (χ1v) is 14.5. The Balaban J connectivity index is 1.51. The topological polar surface area (TPSA) is 97.5 Å². The van der Waals surface area contributed by atoms with Gasteiger partial charge in [0.05, 0.1) is 21.8 Å². The molecule has 0 unspecified atom stereocenters. The summed E-state index contributed by atoms with van der Waals surface area (Å²) in [5.74, 6) is 2.53. The Labute approximate surface area is 207 Å². The van der Waals surface area contributed by atoms with Crippen LogP contribution in [0, 0.1) is 0 Å². The quantitative estimate of drug-likeness (QED) is 0.150. The largest absolute Gasteiger partial charge is 0.440 e. The van der Waals surface area contributed by atoms with Crippen molar-refractivity contribution in [2.24, 2.45) is 4.99 Å². The molecule has 0 saturated heterocycles. The number of aromatic nitrogens is 2. The molecule has 0 fully saturated rings. The van der Waals surface area contributed by atoms with E-state index in [0.29, 0.717) is 34.9 Å². The molecule has 0 bridgehead atoms. The van der Waals surface area contributed by atoms with E-state index in [2.05, 4.69) is 20.3 Å². The number of nitrogens with zero attached hydrogens (tertiary/aromatic N) is 3. The zero-order chi connectivity index (χ0) is 23.4. The molecule has 2 aromatic heterocycles. The summed E-state index contributed by atoms with van der Waals surface area (Å²) in [7, 11) is -3.49.